The Hall–Kier alpha value is -2.57. The Kier molecular flexibility index (Phi) is 3.70. The van der Waals surface area contributed by atoms with Gasteiger partial charge in [0, 0.05) is 0 Å². The number of nitrogens with one attached hydrogen (secondary N) is 2. The minimum atomic E-state index is -0.443. The maximum atomic E-state index is 12.0. The summed E-state index contributed by atoms with van der Waals surface area (Å²) in [6, 6.07) is 5.69. The number of cyclic esters (lactones) is 1. The van der Waals surface area contributed by atoms with E-state index in [1.165, 1.54) is 4.90 Å². The highest BCUT2D eigenvalue weighted by atomic mass is 16.6. The third-order valence-corrected chi connectivity index (χ3v) is 3.62. The van der Waals surface area contributed by atoms with Crippen LogP contribution in [0.25, 0.3) is 11.0 Å². The van der Waals surface area contributed by atoms with Crippen molar-refractivity contribution in [2.75, 3.05) is 19.7 Å². The van der Waals surface area contributed by atoms with Gasteiger partial charge >= 0.3 is 6.09 Å². The number of imidazole rings is 1. The lowest BCUT2D eigenvalue weighted by Crippen LogP contribution is -2.38. The van der Waals surface area contributed by atoms with Crippen LogP contribution in [-0.2, 0) is 9.53 Å². The van der Waals surface area contributed by atoms with Gasteiger partial charge in [0.05, 0.1) is 23.6 Å². The fourth-order valence-electron chi connectivity index (χ4n) is 2.45. The van der Waals surface area contributed by atoms with Crippen LogP contribution in [-0.4, -0.2) is 46.6 Å². The van der Waals surface area contributed by atoms with Crippen molar-refractivity contribution in [3.63, 3.8) is 0 Å². The van der Waals surface area contributed by atoms with Gasteiger partial charge in [0.25, 0.3) is 0 Å². The number of fused-ring (bicyclic) bond motifs is 1. The zero-order chi connectivity index (χ0) is 15.7. The Labute approximate surface area is 127 Å². The van der Waals surface area contributed by atoms with Crippen LogP contribution in [0.3, 0.4) is 0 Å². The van der Waals surface area contributed by atoms with Crippen molar-refractivity contribution < 1.29 is 14.3 Å². The Morgan fingerprint density at radius 3 is 3.09 bits per heavy atom. The number of amides is 2. The number of ether oxygens (including phenoxy) is 1. The van der Waals surface area contributed by atoms with E-state index >= 15 is 0 Å². The zero-order valence-electron chi connectivity index (χ0n) is 12.5. The first-order valence-corrected chi connectivity index (χ1v) is 7.20. The van der Waals surface area contributed by atoms with E-state index in [0.717, 1.165) is 16.6 Å². The van der Waals surface area contributed by atoms with Crippen LogP contribution in [0.15, 0.2) is 18.2 Å². The van der Waals surface area contributed by atoms with Crippen LogP contribution in [0.1, 0.15) is 24.4 Å². The number of benzene rings is 1. The SMILES string of the molecule is Cc1ccc2nc(C(C)NC(=O)CN3CCOC3=O)[nH]c2c1. The summed E-state index contributed by atoms with van der Waals surface area (Å²) in [5.74, 6) is 0.459. The number of aromatic amines is 1. The summed E-state index contributed by atoms with van der Waals surface area (Å²) in [6.45, 7) is 4.66. The van der Waals surface area contributed by atoms with Gasteiger partial charge in [-0.15, -0.1) is 0 Å². The number of hydrogen-bond donors (Lipinski definition) is 2. The van der Waals surface area contributed by atoms with Gasteiger partial charge in [-0.1, -0.05) is 6.07 Å². The van der Waals surface area contributed by atoms with Crippen molar-refractivity contribution in [2.24, 2.45) is 0 Å². The monoisotopic (exact) mass is 302 g/mol. The summed E-state index contributed by atoms with van der Waals surface area (Å²) < 4.78 is 4.80. The third-order valence-electron chi connectivity index (χ3n) is 3.62. The number of carbonyl (C=O) groups excluding carboxylic acids is 2. The van der Waals surface area contributed by atoms with E-state index in [9.17, 15) is 9.59 Å². The summed E-state index contributed by atoms with van der Waals surface area (Å²) >= 11 is 0. The van der Waals surface area contributed by atoms with Crippen molar-refractivity contribution in [1.82, 2.24) is 20.2 Å². The number of hydrogen-bond acceptors (Lipinski definition) is 4. The molecule has 116 valence electrons. The molecule has 1 aromatic heterocycles. The first-order valence-electron chi connectivity index (χ1n) is 7.20. The van der Waals surface area contributed by atoms with Gasteiger partial charge in [0.15, 0.2) is 0 Å². The van der Waals surface area contributed by atoms with Crippen LogP contribution >= 0.6 is 0 Å². The minimum Gasteiger partial charge on any atom is -0.448 e. The molecular formula is C15H18N4O3. The van der Waals surface area contributed by atoms with Gasteiger partial charge in [0.1, 0.15) is 19.0 Å². The molecule has 0 saturated carbocycles. The highest BCUT2D eigenvalue weighted by Crippen LogP contribution is 2.17. The quantitative estimate of drug-likeness (QED) is 0.896. The van der Waals surface area contributed by atoms with E-state index in [0.29, 0.717) is 19.0 Å². The van der Waals surface area contributed by atoms with Crippen molar-refractivity contribution in [2.45, 2.75) is 19.9 Å². The first kappa shape index (κ1) is 14.4. The largest absolute Gasteiger partial charge is 0.448 e. The molecule has 1 atom stereocenters. The first-order chi connectivity index (χ1) is 10.5. The highest BCUT2D eigenvalue weighted by molar-refractivity contribution is 5.83. The lowest BCUT2D eigenvalue weighted by molar-refractivity contribution is -0.122. The van der Waals surface area contributed by atoms with Crippen molar-refractivity contribution in [1.29, 1.82) is 0 Å². The second kappa shape index (κ2) is 5.67. The van der Waals surface area contributed by atoms with Gasteiger partial charge in [-0.05, 0) is 31.5 Å². The summed E-state index contributed by atoms with van der Waals surface area (Å²) in [4.78, 5) is 32.4. The second-order valence-electron chi connectivity index (χ2n) is 5.47. The third kappa shape index (κ3) is 2.88. The molecule has 1 aliphatic rings. The predicted molar refractivity (Wildman–Crippen MR) is 80.3 cm³/mol. The number of aryl methyl sites for hydroxylation is 1. The number of carbonyl (C=O) groups is 2. The summed E-state index contributed by atoms with van der Waals surface area (Å²) in [5.41, 5.74) is 2.95. The number of aromatic nitrogens is 2. The summed E-state index contributed by atoms with van der Waals surface area (Å²) in [6.07, 6.45) is -0.443. The Balaban J connectivity index is 1.66. The lowest BCUT2D eigenvalue weighted by Gasteiger charge is -2.15. The van der Waals surface area contributed by atoms with Crippen LogP contribution in [0, 0.1) is 6.92 Å². The lowest BCUT2D eigenvalue weighted by atomic mass is 10.2. The molecule has 0 bridgehead atoms. The average molecular weight is 302 g/mol. The number of H-pyrrole nitrogens is 1. The second-order valence-corrected chi connectivity index (χ2v) is 5.47. The standard InChI is InChI=1S/C15H18N4O3/c1-9-3-4-11-12(7-9)18-14(17-11)10(2)16-13(20)8-19-5-6-22-15(19)21/h3-4,7,10H,5-6,8H2,1-2H3,(H,16,20)(H,17,18). The van der Waals surface area contributed by atoms with Gasteiger partial charge < -0.3 is 15.0 Å². The summed E-state index contributed by atoms with van der Waals surface area (Å²) in [7, 11) is 0. The molecule has 1 aromatic carbocycles. The average Bonchev–Trinajstić information content (AvgIpc) is 3.05. The molecule has 2 N–H and O–H groups in total. The van der Waals surface area contributed by atoms with Gasteiger partial charge in [-0.25, -0.2) is 9.78 Å². The van der Waals surface area contributed by atoms with E-state index in [1.54, 1.807) is 0 Å². The molecular weight excluding hydrogens is 284 g/mol. The van der Waals surface area contributed by atoms with Gasteiger partial charge in [0.2, 0.25) is 5.91 Å². The topological polar surface area (TPSA) is 87.3 Å². The molecule has 0 spiro atoms. The van der Waals surface area contributed by atoms with Crippen LogP contribution in [0.2, 0.25) is 0 Å². The molecule has 3 rings (SSSR count). The Bertz CT molecular complexity index is 725. The zero-order valence-corrected chi connectivity index (χ0v) is 12.5. The smallest absolute Gasteiger partial charge is 0.410 e. The van der Waals surface area contributed by atoms with Crippen molar-refractivity contribution in [3.05, 3.63) is 29.6 Å². The van der Waals surface area contributed by atoms with E-state index in [4.69, 9.17) is 4.74 Å². The molecule has 1 unspecified atom stereocenters. The van der Waals surface area contributed by atoms with E-state index in [1.807, 2.05) is 32.0 Å². The normalized spacial score (nSPS) is 15.9. The molecule has 2 amide bonds. The maximum Gasteiger partial charge on any atom is 0.410 e. The number of nitrogens with zero attached hydrogens (tertiary/aromatic N) is 2. The minimum absolute atomic E-state index is 0.00249. The fourth-order valence-corrected chi connectivity index (χ4v) is 2.45. The fraction of sp³-hybridized carbons (Fsp3) is 0.400. The van der Waals surface area contributed by atoms with Crippen LogP contribution < -0.4 is 5.32 Å². The van der Waals surface area contributed by atoms with Crippen molar-refractivity contribution >= 4 is 23.0 Å². The van der Waals surface area contributed by atoms with Gasteiger partial charge in [-0.2, -0.15) is 0 Å². The Morgan fingerprint density at radius 2 is 2.36 bits per heavy atom. The molecule has 2 heterocycles. The molecule has 1 fully saturated rings. The Morgan fingerprint density at radius 1 is 1.55 bits per heavy atom. The molecule has 7 heteroatoms. The van der Waals surface area contributed by atoms with Crippen LogP contribution in [0.5, 0.6) is 0 Å². The molecule has 1 aliphatic heterocycles. The number of rotatable bonds is 4. The van der Waals surface area contributed by atoms with Crippen LogP contribution in [0.4, 0.5) is 4.79 Å². The van der Waals surface area contributed by atoms with E-state index in [-0.39, 0.29) is 18.5 Å². The molecule has 0 radical (unpaired) electrons. The van der Waals surface area contributed by atoms with E-state index in [2.05, 4.69) is 15.3 Å². The van der Waals surface area contributed by atoms with Gasteiger partial charge in [-0.3, -0.25) is 9.69 Å². The molecule has 22 heavy (non-hydrogen) atoms. The molecule has 2 aromatic rings. The molecule has 1 saturated heterocycles. The molecule has 0 aliphatic carbocycles. The predicted octanol–water partition coefficient (Wildman–Crippen LogP) is 1.50. The highest BCUT2D eigenvalue weighted by Gasteiger charge is 2.25. The molecule has 7 nitrogen and oxygen atoms in total. The van der Waals surface area contributed by atoms with Crippen molar-refractivity contribution in [3.8, 4) is 0 Å². The summed E-state index contributed by atoms with van der Waals surface area (Å²) in [5, 5.41) is 2.84. The van der Waals surface area contributed by atoms with E-state index < -0.39 is 6.09 Å². The maximum absolute atomic E-state index is 12.0.